The molecule has 3 rings (SSSR count). The first-order valence-corrected chi connectivity index (χ1v) is 7.23. The average Bonchev–Trinajstić information content (AvgIpc) is 2.98. The van der Waals surface area contributed by atoms with Gasteiger partial charge in [-0.2, -0.15) is 0 Å². The van der Waals surface area contributed by atoms with Crippen molar-refractivity contribution in [3.05, 3.63) is 22.4 Å². The molecular formula is C13H18N2OS. The lowest BCUT2D eigenvalue weighted by atomic mass is 9.98. The molecule has 1 aromatic rings. The molecule has 92 valence electrons. The summed E-state index contributed by atoms with van der Waals surface area (Å²) >= 11 is 1.75. The van der Waals surface area contributed by atoms with Crippen LogP contribution >= 0.6 is 11.3 Å². The molecule has 2 fully saturated rings. The zero-order valence-electron chi connectivity index (χ0n) is 9.89. The minimum atomic E-state index is 0.354. The van der Waals surface area contributed by atoms with Gasteiger partial charge in [-0.1, -0.05) is 6.07 Å². The Morgan fingerprint density at radius 3 is 2.82 bits per heavy atom. The van der Waals surface area contributed by atoms with E-state index in [0.717, 1.165) is 26.1 Å². The number of carbonyl (C=O) groups excluding carboxylic acids is 1. The molecule has 1 N–H and O–H groups in total. The third kappa shape index (κ3) is 2.69. The van der Waals surface area contributed by atoms with Gasteiger partial charge in [0.25, 0.3) is 0 Å². The molecule has 2 heterocycles. The SMILES string of the molecule is O=C(CC1CNC1)N(Cc1cccs1)C1CC1. The highest BCUT2D eigenvalue weighted by Gasteiger charge is 2.34. The van der Waals surface area contributed by atoms with Crippen molar-refractivity contribution >= 4 is 17.2 Å². The molecule has 0 spiro atoms. The van der Waals surface area contributed by atoms with Gasteiger partial charge in [-0.05, 0) is 43.3 Å². The number of hydrogen-bond donors (Lipinski definition) is 1. The highest BCUT2D eigenvalue weighted by molar-refractivity contribution is 7.09. The Morgan fingerprint density at radius 1 is 1.47 bits per heavy atom. The van der Waals surface area contributed by atoms with E-state index in [2.05, 4.69) is 27.7 Å². The van der Waals surface area contributed by atoms with Crippen LogP contribution in [-0.4, -0.2) is 29.9 Å². The topological polar surface area (TPSA) is 32.3 Å². The van der Waals surface area contributed by atoms with E-state index in [4.69, 9.17) is 0 Å². The van der Waals surface area contributed by atoms with Crippen LogP contribution in [0.15, 0.2) is 17.5 Å². The molecule has 1 aliphatic carbocycles. The van der Waals surface area contributed by atoms with Gasteiger partial charge in [0.05, 0.1) is 6.54 Å². The van der Waals surface area contributed by atoms with Crippen molar-refractivity contribution < 1.29 is 4.79 Å². The van der Waals surface area contributed by atoms with E-state index in [9.17, 15) is 4.79 Å². The molecule has 0 bridgehead atoms. The maximum absolute atomic E-state index is 12.3. The second-order valence-corrected chi connectivity index (χ2v) is 6.09. The van der Waals surface area contributed by atoms with E-state index >= 15 is 0 Å². The third-order valence-corrected chi connectivity index (χ3v) is 4.40. The van der Waals surface area contributed by atoms with Gasteiger partial charge in [0.2, 0.25) is 5.91 Å². The summed E-state index contributed by atoms with van der Waals surface area (Å²) in [6, 6.07) is 4.71. The normalized spacial score (nSPS) is 20.0. The Bertz CT molecular complexity index is 382. The van der Waals surface area contributed by atoms with E-state index in [0.29, 0.717) is 17.9 Å². The summed E-state index contributed by atoms with van der Waals surface area (Å²) in [7, 11) is 0. The summed E-state index contributed by atoms with van der Waals surface area (Å²) in [6.07, 6.45) is 3.12. The number of thiophene rings is 1. The molecular weight excluding hydrogens is 232 g/mol. The van der Waals surface area contributed by atoms with Gasteiger partial charge < -0.3 is 10.2 Å². The lowest BCUT2D eigenvalue weighted by Crippen LogP contribution is -2.45. The van der Waals surface area contributed by atoms with Crippen LogP contribution in [0.3, 0.4) is 0 Å². The quantitative estimate of drug-likeness (QED) is 0.865. The number of hydrogen-bond acceptors (Lipinski definition) is 3. The van der Waals surface area contributed by atoms with E-state index in [1.165, 1.54) is 17.7 Å². The smallest absolute Gasteiger partial charge is 0.223 e. The van der Waals surface area contributed by atoms with Gasteiger partial charge in [0.15, 0.2) is 0 Å². The summed E-state index contributed by atoms with van der Waals surface area (Å²) < 4.78 is 0. The van der Waals surface area contributed by atoms with Crippen molar-refractivity contribution in [3.63, 3.8) is 0 Å². The number of carbonyl (C=O) groups is 1. The first-order chi connectivity index (χ1) is 8.33. The lowest BCUT2D eigenvalue weighted by molar-refractivity contribution is -0.133. The van der Waals surface area contributed by atoms with Crippen molar-refractivity contribution in [1.29, 1.82) is 0 Å². The lowest BCUT2D eigenvalue weighted by Gasteiger charge is -2.30. The first kappa shape index (κ1) is 11.2. The largest absolute Gasteiger partial charge is 0.335 e. The van der Waals surface area contributed by atoms with Crippen LogP contribution in [0.4, 0.5) is 0 Å². The van der Waals surface area contributed by atoms with Gasteiger partial charge in [0, 0.05) is 17.3 Å². The van der Waals surface area contributed by atoms with Crippen LogP contribution in [0, 0.1) is 5.92 Å². The molecule has 1 saturated carbocycles. The molecule has 2 aliphatic rings. The Balaban J connectivity index is 1.60. The molecule has 0 unspecified atom stereocenters. The van der Waals surface area contributed by atoms with Gasteiger partial charge >= 0.3 is 0 Å². The van der Waals surface area contributed by atoms with Crippen LogP contribution in [0.25, 0.3) is 0 Å². The molecule has 0 atom stereocenters. The summed E-state index contributed by atoms with van der Waals surface area (Å²) in [6.45, 7) is 2.85. The summed E-state index contributed by atoms with van der Waals surface area (Å²) in [5, 5.41) is 5.31. The van der Waals surface area contributed by atoms with Crippen molar-refractivity contribution in [2.24, 2.45) is 5.92 Å². The van der Waals surface area contributed by atoms with E-state index < -0.39 is 0 Å². The van der Waals surface area contributed by atoms with Crippen LogP contribution in [-0.2, 0) is 11.3 Å². The second kappa shape index (κ2) is 4.78. The highest BCUT2D eigenvalue weighted by Crippen LogP contribution is 2.30. The number of nitrogens with one attached hydrogen (secondary N) is 1. The number of nitrogens with zero attached hydrogens (tertiary/aromatic N) is 1. The Morgan fingerprint density at radius 2 is 2.29 bits per heavy atom. The van der Waals surface area contributed by atoms with Crippen molar-refractivity contribution in [2.75, 3.05) is 13.1 Å². The van der Waals surface area contributed by atoms with E-state index in [1.807, 2.05) is 0 Å². The predicted molar refractivity (Wildman–Crippen MR) is 68.9 cm³/mol. The first-order valence-electron chi connectivity index (χ1n) is 6.35. The van der Waals surface area contributed by atoms with Gasteiger partial charge in [0.1, 0.15) is 0 Å². The van der Waals surface area contributed by atoms with Crippen LogP contribution < -0.4 is 5.32 Å². The molecule has 17 heavy (non-hydrogen) atoms. The molecule has 1 amide bonds. The van der Waals surface area contributed by atoms with Gasteiger partial charge in [-0.15, -0.1) is 11.3 Å². The van der Waals surface area contributed by atoms with Crippen LogP contribution in [0.2, 0.25) is 0 Å². The zero-order chi connectivity index (χ0) is 11.7. The Kier molecular flexibility index (Phi) is 3.16. The minimum absolute atomic E-state index is 0.354. The second-order valence-electron chi connectivity index (χ2n) is 5.06. The molecule has 1 aliphatic heterocycles. The molecule has 1 aromatic heterocycles. The summed E-state index contributed by atoms with van der Waals surface area (Å²) in [4.78, 5) is 15.7. The number of amides is 1. The fraction of sp³-hybridized carbons (Fsp3) is 0.615. The minimum Gasteiger partial charge on any atom is -0.335 e. The van der Waals surface area contributed by atoms with Gasteiger partial charge in [-0.3, -0.25) is 4.79 Å². The molecule has 4 heteroatoms. The molecule has 3 nitrogen and oxygen atoms in total. The average molecular weight is 250 g/mol. The Labute approximate surface area is 106 Å². The number of rotatable bonds is 5. The zero-order valence-corrected chi connectivity index (χ0v) is 10.7. The van der Waals surface area contributed by atoms with Crippen molar-refractivity contribution in [2.45, 2.75) is 31.8 Å². The highest BCUT2D eigenvalue weighted by atomic mass is 32.1. The fourth-order valence-corrected chi connectivity index (χ4v) is 2.94. The standard InChI is InChI=1S/C13H18N2OS/c16-13(6-10-7-14-8-10)15(11-3-4-11)9-12-2-1-5-17-12/h1-2,5,10-11,14H,3-4,6-9H2. The Hall–Kier alpha value is -0.870. The summed E-state index contributed by atoms with van der Waals surface area (Å²) in [5.74, 6) is 0.930. The summed E-state index contributed by atoms with van der Waals surface area (Å²) in [5.41, 5.74) is 0. The van der Waals surface area contributed by atoms with E-state index in [-0.39, 0.29) is 0 Å². The molecule has 0 aromatic carbocycles. The maximum Gasteiger partial charge on any atom is 0.223 e. The third-order valence-electron chi connectivity index (χ3n) is 3.54. The fourth-order valence-electron chi connectivity index (χ4n) is 2.23. The van der Waals surface area contributed by atoms with Gasteiger partial charge in [-0.25, -0.2) is 0 Å². The van der Waals surface area contributed by atoms with Crippen LogP contribution in [0.1, 0.15) is 24.1 Å². The van der Waals surface area contributed by atoms with Crippen molar-refractivity contribution in [1.82, 2.24) is 10.2 Å². The predicted octanol–water partition coefficient (Wildman–Crippen LogP) is 1.85. The maximum atomic E-state index is 12.3. The molecule has 1 saturated heterocycles. The van der Waals surface area contributed by atoms with E-state index in [1.54, 1.807) is 11.3 Å². The molecule has 0 radical (unpaired) electrons. The monoisotopic (exact) mass is 250 g/mol. The van der Waals surface area contributed by atoms with Crippen LogP contribution in [0.5, 0.6) is 0 Å². The van der Waals surface area contributed by atoms with Crippen molar-refractivity contribution in [3.8, 4) is 0 Å².